The van der Waals surface area contributed by atoms with Gasteiger partial charge in [-0.25, -0.2) is 0 Å². The highest BCUT2D eigenvalue weighted by atomic mass is 35.5. The van der Waals surface area contributed by atoms with Gasteiger partial charge in [0.1, 0.15) is 0 Å². The molecule has 0 radical (unpaired) electrons. The van der Waals surface area contributed by atoms with Crippen molar-refractivity contribution in [2.24, 2.45) is 0 Å². The monoisotopic (exact) mass is 288 g/mol. The topological polar surface area (TPSA) is 60.4 Å². The Morgan fingerprint density at radius 1 is 1.29 bits per heavy atom. The van der Waals surface area contributed by atoms with Gasteiger partial charge in [0, 0.05) is 5.02 Å². The Morgan fingerprint density at radius 2 is 1.88 bits per heavy atom. The first-order valence-electron chi connectivity index (χ1n) is 3.93. The van der Waals surface area contributed by atoms with Crippen molar-refractivity contribution in [2.75, 3.05) is 0 Å². The molecule has 1 aromatic carbocycles. The van der Waals surface area contributed by atoms with E-state index < -0.39 is 26.9 Å². The van der Waals surface area contributed by atoms with Gasteiger partial charge in [-0.05, 0) is 18.2 Å². The van der Waals surface area contributed by atoms with Gasteiger partial charge in [0.25, 0.3) is 0 Å². The van der Waals surface area contributed by atoms with Gasteiger partial charge in [0.2, 0.25) is 0 Å². The molecule has 94 valence electrons. The van der Waals surface area contributed by atoms with E-state index in [9.17, 15) is 26.4 Å². The fourth-order valence-electron chi connectivity index (χ4n) is 0.853. The predicted octanol–water partition coefficient (Wildman–Crippen LogP) is 2.38. The molecule has 0 aromatic heterocycles. The van der Waals surface area contributed by atoms with Crippen LogP contribution in [-0.4, -0.2) is 20.2 Å². The molecule has 0 aliphatic carbocycles. The minimum absolute atomic E-state index is 0.0591. The van der Waals surface area contributed by atoms with Gasteiger partial charge in [0.05, 0.1) is 5.56 Å². The molecule has 0 saturated carbocycles. The van der Waals surface area contributed by atoms with E-state index in [2.05, 4.69) is 4.18 Å². The van der Waals surface area contributed by atoms with Gasteiger partial charge in [-0.1, -0.05) is 11.6 Å². The second-order valence-electron chi connectivity index (χ2n) is 2.78. The lowest BCUT2D eigenvalue weighted by Crippen LogP contribution is -2.28. The summed E-state index contributed by atoms with van der Waals surface area (Å²) < 4.78 is 61.2. The first-order chi connectivity index (χ1) is 7.67. The van der Waals surface area contributed by atoms with Crippen LogP contribution in [0.1, 0.15) is 10.4 Å². The number of carbonyl (C=O) groups excluding carboxylic acids is 1. The van der Waals surface area contributed by atoms with E-state index in [-0.39, 0.29) is 11.3 Å². The van der Waals surface area contributed by atoms with Gasteiger partial charge < -0.3 is 4.18 Å². The normalized spacial score (nSPS) is 12.2. The first kappa shape index (κ1) is 13.8. The molecule has 9 heteroatoms. The van der Waals surface area contributed by atoms with Crippen molar-refractivity contribution in [3.8, 4) is 5.75 Å². The fourth-order valence-corrected chi connectivity index (χ4v) is 1.52. The molecule has 1 rings (SSSR count). The lowest BCUT2D eigenvalue weighted by atomic mass is 10.2. The Morgan fingerprint density at radius 3 is 2.35 bits per heavy atom. The maximum absolute atomic E-state index is 12.0. The maximum atomic E-state index is 12.0. The quantitative estimate of drug-likeness (QED) is 0.487. The number of benzene rings is 1. The molecular formula is C8H4ClF3O4S. The summed E-state index contributed by atoms with van der Waals surface area (Å²) in [4.78, 5) is 10.5. The number of rotatable bonds is 3. The molecule has 0 fully saturated rings. The van der Waals surface area contributed by atoms with Gasteiger partial charge in [0.15, 0.2) is 12.0 Å². The molecule has 0 N–H and O–H groups in total. The summed E-state index contributed by atoms with van der Waals surface area (Å²) in [6.07, 6.45) is 0.132. The first-order valence-corrected chi connectivity index (χ1v) is 5.71. The minimum atomic E-state index is -5.80. The largest absolute Gasteiger partial charge is 0.534 e. The van der Waals surface area contributed by atoms with E-state index in [0.29, 0.717) is 0 Å². The third-order valence-corrected chi connectivity index (χ3v) is 2.78. The molecule has 0 unspecified atom stereocenters. The van der Waals surface area contributed by atoms with Crippen LogP contribution >= 0.6 is 11.6 Å². The maximum Gasteiger partial charge on any atom is 0.534 e. The van der Waals surface area contributed by atoms with E-state index in [1.54, 1.807) is 0 Å². The number of hydrogen-bond acceptors (Lipinski definition) is 4. The van der Waals surface area contributed by atoms with E-state index in [4.69, 9.17) is 11.6 Å². The summed E-state index contributed by atoms with van der Waals surface area (Å²) in [6, 6.07) is 2.93. The smallest absolute Gasteiger partial charge is 0.375 e. The zero-order chi connectivity index (χ0) is 13.3. The van der Waals surface area contributed by atoms with Crippen LogP contribution in [0, 0.1) is 0 Å². The second-order valence-corrected chi connectivity index (χ2v) is 4.76. The number of carbonyl (C=O) groups is 1. The SMILES string of the molecule is O=Cc1cc(Cl)ccc1OS(=O)(=O)C(F)(F)F. The molecule has 0 aliphatic rings. The number of hydrogen-bond donors (Lipinski definition) is 0. The van der Waals surface area contributed by atoms with Crippen LogP contribution in [0.15, 0.2) is 18.2 Å². The van der Waals surface area contributed by atoms with Crippen molar-refractivity contribution in [2.45, 2.75) is 5.51 Å². The Balaban J connectivity index is 3.17. The third kappa shape index (κ3) is 3.10. The molecule has 1 aromatic rings. The molecule has 0 atom stereocenters. The van der Waals surface area contributed by atoms with Crippen LogP contribution in [0.2, 0.25) is 5.02 Å². The van der Waals surface area contributed by atoms with E-state index in [1.807, 2.05) is 0 Å². The average Bonchev–Trinajstić information content (AvgIpc) is 2.18. The summed E-state index contributed by atoms with van der Waals surface area (Å²) in [5, 5.41) is 0.0591. The van der Waals surface area contributed by atoms with Crippen LogP contribution in [-0.2, 0) is 10.1 Å². The van der Waals surface area contributed by atoms with Crippen LogP contribution < -0.4 is 4.18 Å². The van der Waals surface area contributed by atoms with Crippen LogP contribution in [0.3, 0.4) is 0 Å². The molecule has 0 aliphatic heterocycles. The van der Waals surface area contributed by atoms with E-state index in [1.165, 1.54) is 0 Å². The summed E-state index contributed by atoms with van der Waals surface area (Å²) in [6.45, 7) is 0. The van der Waals surface area contributed by atoms with E-state index in [0.717, 1.165) is 18.2 Å². The Hall–Kier alpha value is -1.28. The zero-order valence-corrected chi connectivity index (χ0v) is 9.43. The molecule has 0 heterocycles. The number of aldehydes is 1. The molecule has 17 heavy (non-hydrogen) atoms. The summed E-state index contributed by atoms with van der Waals surface area (Å²) in [5.41, 5.74) is -5.96. The Bertz CT molecular complexity index is 538. The third-order valence-electron chi connectivity index (χ3n) is 1.58. The number of halogens is 4. The highest BCUT2D eigenvalue weighted by molar-refractivity contribution is 7.88. The van der Waals surface area contributed by atoms with Crippen molar-refractivity contribution < 1.29 is 30.6 Å². The van der Waals surface area contributed by atoms with Gasteiger partial charge >= 0.3 is 15.6 Å². The molecule has 4 nitrogen and oxygen atoms in total. The Kier molecular flexibility index (Phi) is 3.68. The predicted molar refractivity (Wildman–Crippen MR) is 52.4 cm³/mol. The molecule has 0 bridgehead atoms. The summed E-state index contributed by atoms with van der Waals surface area (Å²) in [5.74, 6) is -0.735. The van der Waals surface area contributed by atoms with Crippen LogP contribution in [0.25, 0.3) is 0 Å². The van der Waals surface area contributed by atoms with Gasteiger partial charge in [-0.3, -0.25) is 4.79 Å². The van der Waals surface area contributed by atoms with Crippen LogP contribution in [0.4, 0.5) is 13.2 Å². The van der Waals surface area contributed by atoms with E-state index >= 15 is 0 Å². The lowest BCUT2D eigenvalue weighted by molar-refractivity contribution is -0.0500. The molecule has 0 saturated heterocycles. The Labute approximate surface area is 99.1 Å². The van der Waals surface area contributed by atoms with Crippen molar-refractivity contribution in [3.05, 3.63) is 28.8 Å². The highest BCUT2D eigenvalue weighted by Gasteiger charge is 2.48. The fraction of sp³-hybridized carbons (Fsp3) is 0.125. The van der Waals surface area contributed by atoms with Crippen molar-refractivity contribution in [3.63, 3.8) is 0 Å². The van der Waals surface area contributed by atoms with Crippen LogP contribution in [0.5, 0.6) is 5.75 Å². The molecule has 0 spiro atoms. The highest BCUT2D eigenvalue weighted by Crippen LogP contribution is 2.29. The zero-order valence-electron chi connectivity index (χ0n) is 7.86. The van der Waals surface area contributed by atoms with Crippen molar-refractivity contribution in [1.29, 1.82) is 0 Å². The second kappa shape index (κ2) is 4.53. The number of alkyl halides is 3. The summed E-state index contributed by atoms with van der Waals surface area (Å²) in [7, 11) is -5.80. The lowest BCUT2D eigenvalue weighted by Gasteiger charge is -2.10. The molecular weight excluding hydrogens is 285 g/mol. The van der Waals surface area contributed by atoms with Crippen molar-refractivity contribution in [1.82, 2.24) is 0 Å². The minimum Gasteiger partial charge on any atom is -0.375 e. The molecule has 0 amide bonds. The summed E-state index contributed by atoms with van der Waals surface area (Å²) >= 11 is 5.47. The van der Waals surface area contributed by atoms with Crippen molar-refractivity contribution >= 4 is 28.0 Å². The average molecular weight is 289 g/mol. The van der Waals surface area contributed by atoms with Gasteiger partial charge in [-0.15, -0.1) is 0 Å². The van der Waals surface area contributed by atoms with Gasteiger partial charge in [-0.2, -0.15) is 21.6 Å². The standard InChI is InChI=1S/C8H4ClF3O4S/c9-6-1-2-7(5(3-6)4-13)16-17(14,15)8(10,11)12/h1-4H.